The van der Waals surface area contributed by atoms with Gasteiger partial charge in [0.15, 0.2) is 5.16 Å². The second-order valence-electron chi connectivity index (χ2n) is 5.41. The van der Waals surface area contributed by atoms with Crippen LogP contribution in [0.4, 0.5) is 11.4 Å². The first-order valence-electron chi connectivity index (χ1n) is 7.59. The molecular formula is C17H12N6O3S. The van der Waals surface area contributed by atoms with E-state index in [4.69, 9.17) is 5.26 Å². The lowest BCUT2D eigenvalue weighted by Crippen LogP contribution is -2.12. The van der Waals surface area contributed by atoms with Crippen molar-refractivity contribution in [3.8, 4) is 6.07 Å². The summed E-state index contributed by atoms with van der Waals surface area (Å²) in [5.41, 5.74) is 0.900. The van der Waals surface area contributed by atoms with Gasteiger partial charge in [-0.3, -0.25) is 14.9 Å². The number of carbonyl (C=O) groups excluding carboxylic acids is 1. The Balaban J connectivity index is 1.84. The Hall–Kier alpha value is -3.71. The van der Waals surface area contributed by atoms with Gasteiger partial charge >= 0.3 is 0 Å². The number of benzene rings is 2. The van der Waals surface area contributed by atoms with Gasteiger partial charge in [0.2, 0.25) is 0 Å². The summed E-state index contributed by atoms with van der Waals surface area (Å²) in [6.07, 6.45) is 1.49. The summed E-state index contributed by atoms with van der Waals surface area (Å²) in [5, 5.41) is 31.0. The van der Waals surface area contributed by atoms with Crippen molar-refractivity contribution >= 4 is 29.0 Å². The molecule has 0 atom stereocenters. The molecule has 0 unspecified atom stereocenters. The highest BCUT2D eigenvalue weighted by Crippen LogP contribution is 2.34. The van der Waals surface area contributed by atoms with Crippen molar-refractivity contribution in [1.29, 1.82) is 5.26 Å². The third kappa shape index (κ3) is 4.10. The molecule has 134 valence electrons. The van der Waals surface area contributed by atoms with E-state index in [0.29, 0.717) is 21.3 Å². The molecule has 0 spiro atoms. The van der Waals surface area contributed by atoms with E-state index in [2.05, 4.69) is 15.5 Å². The van der Waals surface area contributed by atoms with E-state index in [1.807, 2.05) is 6.07 Å². The average Bonchev–Trinajstić information content (AvgIpc) is 3.07. The maximum atomic E-state index is 12.4. The van der Waals surface area contributed by atoms with Crippen LogP contribution in [0.1, 0.15) is 15.9 Å². The van der Waals surface area contributed by atoms with Gasteiger partial charge in [0.1, 0.15) is 6.33 Å². The van der Waals surface area contributed by atoms with Gasteiger partial charge in [-0.2, -0.15) is 5.26 Å². The minimum absolute atomic E-state index is 0.147. The second kappa shape index (κ2) is 7.67. The predicted octanol–water partition coefficient (Wildman–Crippen LogP) is 3.00. The molecule has 0 aliphatic heterocycles. The lowest BCUT2D eigenvalue weighted by molar-refractivity contribution is -0.387. The predicted molar refractivity (Wildman–Crippen MR) is 97.3 cm³/mol. The number of hydrogen-bond donors (Lipinski definition) is 1. The molecular weight excluding hydrogens is 368 g/mol. The molecule has 9 nitrogen and oxygen atoms in total. The van der Waals surface area contributed by atoms with Crippen LogP contribution >= 0.6 is 11.8 Å². The number of aryl methyl sites for hydroxylation is 1. The Bertz CT molecular complexity index is 1060. The van der Waals surface area contributed by atoms with Crippen LogP contribution in [0.25, 0.3) is 0 Å². The number of carbonyl (C=O) groups is 1. The lowest BCUT2D eigenvalue weighted by atomic mass is 10.1. The fourth-order valence-corrected chi connectivity index (χ4v) is 3.03. The summed E-state index contributed by atoms with van der Waals surface area (Å²) in [6, 6.07) is 12.5. The Morgan fingerprint density at radius 2 is 2.04 bits per heavy atom. The number of nitriles is 1. The molecule has 0 fully saturated rings. The van der Waals surface area contributed by atoms with E-state index in [9.17, 15) is 14.9 Å². The zero-order valence-corrected chi connectivity index (χ0v) is 14.8. The number of aromatic nitrogens is 3. The molecule has 27 heavy (non-hydrogen) atoms. The van der Waals surface area contributed by atoms with Gasteiger partial charge in [-0.1, -0.05) is 0 Å². The highest BCUT2D eigenvalue weighted by atomic mass is 32.2. The summed E-state index contributed by atoms with van der Waals surface area (Å²) in [7, 11) is 1.73. The first-order chi connectivity index (χ1) is 13.0. The highest BCUT2D eigenvalue weighted by Gasteiger charge is 2.20. The number of amides is 1. The Kier molecular flexibility index (Phi) is 5.14. The maximum absolute atomic E-state index is 12.4. The van der Waals surface area contributed by atoms with Crippen LogP contribution in [-0.2, 0) is 7.05 Å². The van der Waals surface area contributed by atoms with E-state index < -0.39 is 10.8 Å². The molecule has 1 aromatic heterocycles. The van der Waals surface area contributed by atoms with E-state index in [0.717, 1.165) is 11.8 Å². The molecule has 0 bridgehead atoms. The average molecular weight is 380 g/mol. The van der Waals surface area contributed by atoms with Gasteiger partial charge < -0.3 is 9.88 Å². The van der Waals surface area contributed by atoms with Crippen molar-refractivity contribution < 1.29 is 9.72 Å². The van der Waals surface area contributed by atoms with Crippen molar-refractivity contribution in [2.24, 2.45) is 7.05 Å². The first-order valence-corrected chi connectivity index (χ1v) is 8.41. The van der Waals surface area contributed by atoms with Gasteiger partial charge in [0, 0.05) is 24.4 Å². The van der Waals surface area contributed by atoms with Crippen molar-refractivity contribution in [2.75, 3.05) is 5.32 Å². The van der Waals surface area contributed by atoms with Crippen LogP contribution in [0.2, 0.25) is 0 Å². The van der Waals surface area contributed by atoms with Crippen molar-refractivity contribution in [3.05, 3.63) is 70.0 Å². The Labute approximate surface area is 157 Å². The molecule has 1 amide bonds. The molecule has 2 aromatic carbocycles. The van der Waals surface area contributed by atoms with Crippen molar-refractivity contribution in [1.82, 2.24) is 14.8 Å². The SMILES string of the molecule is Cn1cnnc1Sc1ccc(C(=O)Nc2ccc(C#N)cc2)cc1[N+](=O)[O-]. The van der Waals surface area contributed by atoms with Gasteiger partial charge in [-0.15, -0.1) is 10.2 Å². The fraction of sp³-hybridized carbons (Fsp3) is 0.0588. The van der Waals surface area contributed by atoms with Crippen LogP contribution in [0, 0.1) is 21.4 Å². The molecule has 3 rings (SSSR count). The second-order valence-corrected chi connectivity index (χ2v) is 6.42. The van der Waals surface area contributed by atoms with Crippen LogP contribution in [0.5, 0.6) is 0 Å². The number of rotatable bonds is 5. The zero-order chi connectivity index (χ0) is 19.4. The van der Waals surface area contributed by atoms with Gasteiger partial charge in [-0.05, 0) is 48.2 Å². The molecule has 10 heteroatoms. The Morgan fingerprint density at radius 1 is 1.30 bits per heavy atom. The highest BCUT2D eigenvalue weighted by molar-refractivity contribution is 7.99. The standard InChI is InChI=1S/C17H12N6O3S/c1-22-10-19-21-17(22)27-15-7-4-12(8-14(15)23(25)26)16(24)20-13-5-2-11(9-18)3-6-13/h2-8,10H,1H3,(H,20,24). The summed E-state index contributed by atoms with van der Waals surface area (Å²) < 4.78 is 1.64. The third-order valence-corrected chi connectivity index (χ3v) is 4.68. The van der Waals surface area contributed by atoms with E-state index >= 15 is 0 Å². The first kappa shape index (κ1) is 18.1. The number of hydrogen-bond acceptors (Lipinski definition) is 7. The lowest BCUT2D eigenvalue weighted by Gasteiger charge is -2.07. The number of nitrogens with one attached hydrogen (secondary N) is 1. The molecule has 0 saturated heterocycles. The van der Waals surface area contributed by atoms with Crippen LogP contribution in [0.3, 0.4) is 0 Å². The van der Waals surface area contributed by atoms with Crippen LogP contribution < -0.4 is 5.32 Å². The summed E-state index contributed by atoms with van der Waals surface area (Å²) >= 11 is 1.09. The summed E-state index contributed by atoms with van der Waals surface area (Å²) in [4.78, 5) is 23.6. The largest absolute Gasteiger partial charge is 0.322 e. The maximum Gasteiger partial charge on any atom is 0.284 e. The number of anilines is 1. The normalized spacial score (nSPS) is 10.2. The minimum Gasteiger partial charge on any atom is -0.322 e. The molecule has 0 aliphatic rings. The van der Waals surface area contributed by atoms with Crippen LogP contribution in [-0.4, -0.2) is 25.6 Å². The number of nitrogens with zero attached hydrogens (tertiary/aromatic N) is 5. The van der Waals surface area contributed by atoms with Gasteiger partial charge in [0.05, 0.1) is 21.5 Å². The number of nitro benzene ring substituents is 1. The molecule has 0 saturated carbocycles. The van der Waals surface area contributed by atoms with E-state index in [1.54, 1.807) is 35.9 Å². The van der Waals surface area contributed by atoms with Gasteiger partial charge in [0.25, 0.3) is 11.6 Å². The summed E-state index contributed by atoms with van der Waals surface area (Å²) in [5.74, 6) is -0.488. The molecule has 0 aliphatic carbocycles. The summed E-state index contributed by atoms with van der Waals surface area (Å²) in [6.45, 7) is 0. The van der Waals surface area contributed by atoms with Crippen molar-refractivity contribution in [2.45, 2.75) is 10.1 Å². The third-order valence-electron chi connectivity index (χ3n) is 3.56. The number of nitro groups is 1. The van der Waals surface area contributed by atoms with Gasteiger partial charge in [-0.25, -0.2) is 0 Å². The minimum atomic E-state index is -0.544. The monoisotopic (exact) mass is 380 g/mol. The molecule has 0 radical (unpaired) electrons. The quantitative estimate of drug-likeness (QED) is 0.532. The Morgan fingerprint density at radius 3 is 2.63 bits per heavy atom. The molecule has 1 heterocycles. The topological polar surface area (TPSA) is 127 Å². The zero-order valence-electron chi connectivity index (χ0n) is 14.0. The van der Waals surface area contributed by atoms with E-state index in [-0.39, 0.29) is 11.3 Å². The fourth-order valence-electron chi connectivity index (χ4n) is 2.18. The van der Waals surface area contributed by atoms with E-state index in [1.165, 1.54) is 24.5 Å². The van der Waals surface area contributed by atoms with Crippen LogP contribution in [0.15, 0.2) is 58.8 Å². The molecule has 1 N–H and O–H groups in total. The molecule has 3 aromatic rings. The smallest absolute Gasteiger partial charge is 0.284 e. The van der Waals surface area contributed by atoms with Crippen molar-refractivity contribution in [3.63, 3.8) is 0 Å².